The first-order valence-corrected chi connectivity index (χ1v) is 4.10. The molecule has 0 aliphatic carbocycles. The van der Waals surface area contributed by atoms with Crippen LogP contribution in [0.5, 0.6) is 5.75 Å². The Morgan fingerprint density at radius 1 is 1.43 bits per heavy atom. The van der Waals surface area contributed by atoms with Crippen molar-refractivity contribution < 1.29 is 9.50 Å². The molecule has 1 heterocycles. The minimum absolute atomic E-state index is 0.133. The number of halogens is 1. The van der Waals surface area contributed by atoms with Crippen LogP contribution in [0.2, 0.25) is 0 Å². The van der Waals surface area contributed by atoms with E-state index in [-0.39, 0.29) is 5.75 Å². The number of pyridine rings is 1. The summed E-state index contributed by atoms with van der Waals surface area (Å²) in [6.07, 6.45) is 0. The van der Waals surface area contributed by atoms with Crippen molar-refractivity contribution in [3.05, 3.63) is 39.9 Å². The Kier molecular flexibility index (Phi) is 1.77. The van der Waals surface area contributed by atoms with Gasteiger partial charge in [-0.05, 0) is 19.1 Å². The fourth-order valence-corrected chi connectivity index (χ4v) is 1.42. The Labute approximate surface area is 78.8 Å². The summed E-state index contributed by atoms with van der Waals surface area (Å²) in [5.41, 5.74) is 0.231. The van der Waals surface area contributed by atoms with Gasteiger partial charge >= 0.3 is 0 Å². The minimum Gasteiger partial charge on any atom is -0.507 e. The number of nitrogens with one attached hydrogen (secondary N) is 1. The molecular weight excluding hydrogens is 185 g/mol. The van der Waals surface area contributed by atoms with Gasteiger partial charge in [-0.25, -0.2) is 4.39 Å². The van der Waals surface area contributed by atoms with E-state index in [0.29, 0.717) is 16.5 Å². The van der Waals surface area contributed by atoms with Gasteiger partial charge in [-0.1, -0.05) is 0 Å². The summed E-state index contributed by atoms with van der Waals surface area (Å²) in [6, 6.07) is 3.76. The zero-order valence-electron chi connectivity index (χ0n) is 7.47. The van der Waals surface area contributed by atoms with Crippen LogP contribution in [0.25, 0.3) is 10.9 Å². The van der Waals surface area contributed by atoms with Gasteiger partial charge in [0.25, 0.3) is 5.56 Å². The van der Waals surface area contributed by atoms with Gasteiger partial charge in [0.1, 0.15) is 11.6 Å². The zero-order valence-corrected chi connectivity index (χ0v) is 7.47. The SMILES string of the molecule is Cc1c(F)ccc2c(O)cc(=O)[nH]c12. The molecule has 0 atom stereocenters. The van der Waals surface area contributed by atoms with E-state index in [1.807, 2.05) is 0 Å². The highest BCUT2D eigenvalue weighted by Crippen LogP contribution is 2.24. The third-order valence-electron chi connectivity index (χ3n) is 2.19. The highest BCUT2D eigenvalue weighted by molar-refractivity contribution is 5.86. The van der Waals surface area contributed by atoms with Crippen molar-refractivity contribution in [3.63, 3.8) is 0 Å². The molecule has 3 nitrogen and oxygen atoms in total. The Morgan fingerprint density at radius 2 is 2.14 bits per heavy atom. The second-order valence-electron chi connectivity index (χ2n) is 3.11. The van der Waals surface area contributed by atoms with E-state index in [4.69, 9.17) is 0 Å². The molecule has 0 amide bonds. The lowest BCUT2D eigenvalue weighted by Gasteiger charge is -2.04. The van der Waals surface area contributed by atoms with Crippen molar-refractivity contribution in [1.82, 2.24) is 4.98 Å². The second kappa shape index (κ2) is 2.83. The van der Waals surface area contributed by atoms with Crippen LogP contribution in [0.1, 0.15) is 5.56 Å². The number of aromatic nitrogens is 1. The Morgan fingerprint density at radius 3 is 2.86 bits per heavy atom. The maximum absolute atomic E-state index is 13.1. The topological polar surface area (TPSA) is 53.1 Å². The summed E-state index contributed by atoms with van der Waals surface area (Å²) >= 11 is 0. The molecule has 0 saturated heterocycles. The summed E-state index contributed by atoms with van der Waals surface area (Å²) in [4.78, 5) is 13.5. The molecule has 0 bridgehead atoms. The van der Waals surface area contributed by atoms with Crippen LogP contribution in [-0.2, 0) is 0 Å². The average Bonchev–Trinajstić information content (AvgIpc) is 2.12. The Balaban J connectivity index is 3.02. The first-order valence-electron chi connectivity index (χ1n) is 4.10. The summed E-state index contributed by atoms with van der Waals surface area (Å²) in [6.45, 7) is 1.55. The highest BCUT2D eigenvalue weighted by Gasteiger charge is 2.07. The molecule has 2 N–H and O–H groups in total. The summed E-state index contributed by atoms with van der Waals surface area (Å²) in [5, 5.41) is 9.87. The lowest BCUT2D eigenvalue weighted by molar-refractivity contribution is 0.480. The molecule has 72 valence electrons. The third kappa shape index (κ3) is 1.16. The Hall–Kier alpha value is -1.84. The van der Waals surface area contributed by atoms with E-state index in [2.05, 4.69) is 4.98 Å². The number of aromatic hydroxyl groups is 1. The maximum Gasteiger partial charge on any atom is 0.252 e. The van der Waals surface area contributed by atoms with E-state index < -0.39 is 11.4 Å². The van der Waals surface area contributed by atoms with E-state index in [1.165, 1.54) is 12.1 Å². The normalized spacial score (nSPS) is 10.7. The van der Waals surface area contributed by atoms with Gasteiger partial charge in [-0.3, -0.25) is 4.79 Å². The minimum atomic E-state index is -0.441. The molecule has 0 radical (unpaired) electrons. The van der Waals surface area contributed by atoms with Crippen molar-refractivity contribution in [2.75, 3.05) is 0 Å². The first kappa shape index (κ1) is 8.74. The van der Waals surface area contributed by atoms with Gasteiger partial charge in [-0.15, -0.1) is 0 Å². The maximum atomic E-state index is 13.1. The molecule has 2 aromatic rings. The summed E-state index contributed by atoms with van der Waals surface area (Å²) in [7, 11) is 0. The second-order valence-corrected chi connectivity index (χ2v) is 3.11. The molecule has 4 heteroatoms. The van der Waals surface area contributed by atoms with Crippen LogP contribution in [0.4, 0.5) is 4.39 Å². The molecular formula is C10H8FNO2. The van der Waals surface area contributed by atoms with Gasteiger partial charge in [0.2, 0.25) is 0 Å². The van der Waals surface area contributed by atoms with Gasteiger partial charge in [0.05, 0.1) is 5.52 Å². The van der Waals surface area contributed by atoms with Crippen LogP contribution in [0, 0.1) is 12.7 Å². The number of hydrogen-bond donors (Lipinski definition) is 2. The lowest BCUT2D eigenvalue weighted by Crippen LogP contribution is -2.04. The molecule has 0 aliphatic heterocycles. The van der Waals surface area contributed by atoms with Gasteiger partial charge in [-0.2, -0.15) is 0 Å². The molecule has 2 rings (SSSR count). The zero-order chi connectivity index (χ0) is 10.3. The van der Waals surface area contributed by atoms with Crippen molar-refractivity contribution >= 4 is 10.9 Å². The predicted molar refractivity (Wildman–Crippen MR) is 50.9 cm³/mol. The Bertz CT molecular complexity index is 560. The number of rotatable bonds is 0. The number of fused-ring (bicyclic) bond motifs is 1. The van der Waals surface area contributed by atoms with Crippen LogP contribution in [-0.4, -0.2) is 10.1 Å². The largest absolute Gasteiger partial charge is 0.507 e. The number of benzene rings is 1. The fraction of sp³-hybridized carbons (Fsp3) is 0.100. The van der Waals surface area contributed by atoms with Crippen LogP contribution in [0.15, 0.2) is 23.0 Å². The van der Waals surface area contributed by atoms with Crippen molar-refractivity contribution in [2.24, 2.45) is 0 Å². The number of H-pyrrole nitrogens is 1. The molecule has 0 spiro atoms. The van der Waals surface area contributed by atoms with Crippen LogP contribution >= 0.6 is 0 Å². The van der Waals surface area contributed by atoms with E-state index >= 15 is 0 Å². The smallest absolute Gasteiger partial charge is 0.252 e. The van der Waals surface area contributed by atoms with Crippen molar-refractivity contribution in [2.45, 2.75) is 6.92 Å². The number of hydrogen-bond acceptors (Lipinski definition) is 2. The van der Waals surface area contributed by atoms with Crippen molar-refractivity contribution in [1.29, 1.82) is 0 Å². The molecule has 0 fully saturated rings. The quantitative estimate of drug-likeness (QED) is 0.668. The third-order valence-corrected chi connectivity index (χ3v) is 2.19. The lowest BCUT2D eigenvalue weighted by atomic mass is 10.1. The number of aryl methyl sites for hydroxylation is 1. The van der Waals surface area contributed by atoms with Gasteiger partial charge in [0, 0.05) is 17.0 Å². The first-order chi connectivity index (χ1) is 6.59. The molecule has 14 heavy (non-hydrogen) atoms. The summed E-state index contributed by atoms with van der Waals surface area (Å²) in [5.74, 6) is -0.536. The average molecular weight is 193 g/mol. The molecule has 0 saturated carbocycles. The monoisotopic (exact) mass is 193 g/mol. The van der Waals surface area contributed by atoms with Crippen LogP contribution in [0.3, 0.4) is 0 Å². The summed E-state index contributed by atoms with van der Waals surface area (Å²) < 4.78 is 13.1. The van der Waals surface area contributed by atoms with E-state index in [0.717, 1.165) is 6.07 Å². The van der Waals surface area contributed by atoms with Gasteiger partial charge in [0.15, 0.2) is 0 Å². The predicted octanol–water partition coefficient (Wildman–Crippen LogP) is 1.68. The fourth-order valence-electron chi connectivity index (χ4n) is 1.42. The molecule has 0 aliphatic rings. The van der Waals surface area contributed by atoms with E-state index in [9.17, 15) is 14.3 Å². The van der Waals surface area contributed by atoms with Crippen LogP contribution < -0.4 is 5.56 Å². The van der Waals surface area contributed by atoms with Crippen molar-refractivity contribution in [3.8, 4) is 5.75 Å². The molecule has 0 unspecified atom stereocenters. The standard InChI is InChI=1S/C10H8FNO2/c1-5-7(11)3-2-6-8(13)4-9(14)12-10(5)6/h2-4H,1H3,(H2,12,13,14). The number of aromatic amines is 1. The highest BCUT2D eigenvalue weighted by atomic mass is 19.1. The molecule has 1 aromatic carbocycles. The van der Waals surface area contributed by atoms with E-state index in [1.54, 1.807) is 6.92 Å². The van der Waals surface area contributed by atoms with Gasteiger partial charge < -0.3 is 10.1 Å². The molecule has 1 aromatic heterocycles.